The van der Waals surface area contributed by atoms with Crippen LogP contribution >= 0.6 is 15.9 Å². The molecule has 1 atom stereocenters. The van der Waals surface area contributed by atoms with Gasteiger partial charge in [-0.1, -0.05) is 19.9 Å². The molecule has 3 heteroatoms. The average Bonchev–Trinajstić information content (AvgIpc) is 2.20. The lowest BCUT2D eigenvalue weighted by molar-refractivity contribution is 0.273. The van der Waals surface area contributed by atoms with Gasteiger partial charge in [-0.25, -0.2) is 4.39 Å². The van der Waals surface area contributed by atoms with Crippen molar-refractivity contribution < 1.29 is 9.50 Å². The smallest absolute Gasteiger partial charge is 0.140 e. The van der Waals surface area contributed by atoms with Crippen LogP contribution in [0.15, 0.2) is 16.6 Å². The van der Waals surface area contributed by atoms with Crippen LogP contribution in [-0.4, -0.2) is 11.7 Å². The highest BCUT2D eigenvalue weighted by Crippen LogP contribution is 2.25. The Hall–Kier alpha value is -0.410. The topological polar surface area (TPSA) is 20.2 Å². The minimum absolute atomic E-state index is 0.0530. The molecule has 0 bridgehead atoms. The Morgan fingerprint density at radius 1 is 1.50 bits per heavy atom. The molecule has 0 saturated heterocycles. The molecule has 0 aliphatic rings. The number of rotatable bonds is 3. The number of aliphatic hydroxyl groups is 1. The van der Waals surface area contributed by atoms with Crippen molar-refractivity contribution in [2.24, 2.45) is 0 Å². The van der Waals surface area contributed by atoms with E-state index < -0.39 is 0 Å². The second-order valence-electron chi connectivity index (χ2n) is 3.41. The maximum absolute atomic E-state index is 13.4. The van der Waals surface area contributed by atoms with Crippen molar-refractivity contribution in [3.05, 3.63) is 33.5 Å². The fourth-order valence-corrected chi connectivity index (χ4v) is 1.84. The summed E-state index contributed by atoms with van der Waals surface area (Å²) in [6.07, 6.45) is 0.663. The zero-order chi connectivity index (χ0) is 10.7. The first-order chi connectivity index (χ1) is 6.60. The normalized spacial score (nSPS) is 12.9. The summed E-state index contributed by atoms with van der Waals surface area (Å²) in [5, 5.41) is 9.00. The summed E-state index contributed by atoms with van der Waals surface area (Å²) in [5.41, 5.74) is 1.66. The Morgan fingerprint density at radius 2 is 2.14 bits per heavy atom. The number of hydrogen-bond acceptors (Lipinski definition) is 1. The number of hydrogen-bond donors (Lipinski definition) is 1. The van der Waals surface area contributed by atoms with E-state index in [9.17, 15) is 4.39 Å². The molecule has 0 aliphatic carbocycles. The van der Waals surface area contributed by atoms with Gasteiger partial charge in [0.25, 0.3) is 0 Å². The first kappa shape index (κ1) is 11.7. The highest BCUT2D eigenvalue weighted by atomic mass is 79.9. The number of aliphatic hydroxyl groups excluding tert-OH is 1. The standard InChI is InChI=1S/C11H14BrFO/c1-3-8-4-9(7(2)6-14)5-10(12)11(8)13/h4-5,7,14H,3,6H2,1-2H3. The van der Waals surface area contributed by atoms with E-state index in [4.69, 9.17) is 5.11 Å². The summed E-state index contributed by atoms with van der Waals surface area (Å²) in [6, 6.07) is 3.55. The second kappa shape index (κ2) is 4.89. The largest absolute Gasteiger partial charge is 0.396 e. The van der Waals surface area contributed by atoms with Gasteiger partial charge in [-0.2, -0.15) is 0 Å². The third kappa shape index (κ3) is 2.34. The van der Waals surface area contributed by atoms with Gasteiger partial charge in [0.05, 0.1) is 4.47 Å². The molecule has 0 saturated carbocycles. The van der Waals surface area contributed by atoms with Crippen LogP contribution in [0.5, 0.6) is 0 Å². The van der Waals surface area contributed by atoms with Crippen LogP contribution < -0.4 is 0 Å². The van der Waals surface area contributed by atoms with Crippen molar-refractivity contribution >= 4 is 15.9 Å². The van der Waals surface area contributed by atoms with Crippen LogP contribution in [0.4, 0.5) is 4.39 Å². The number of halogens is 2. The summed E-state index contributed by atoms with van der Waals surface area (Å²) in [4.78, 5) is 0. The van der Waals surface area contributed by atoms with E-state index in [1.165, 1.54) is 0 Å². The lowest BCUT2D eigenvalue weighted by Gasteiger charge is -2.11. The minimum Gasteiger partial charge on any atom is -0.396 e. The fraction of sp³-hybridized carbons (Fsp3) is 0.455. The van der Waals surface area contributed by atoms with Crippen molar-refractivity contribution in [3.63, 3.8) is 0 Å². The monoisotopic (exact) mass is 260 g/mol. The third-order valence-corrected chi connectivity index (χ3v) is 2.93. The van der Waals surface area contributed by atoms with E-state index in [0.717, 1.165) is 5.56 Å². The fourth-order valence-electron chi connectivity index (χ4n) is 1.32. The SMILES string of the molecule is CCc1cc(C(C)CO)cc(Br)c1F. The molecular weight excluding hydrogens is 247 g/mol. The zero-order valence-electron chi connectivity index (χ0n) is 8.35. The van der Waals surface area contributed by atoms with Gasteiger partial charge >= 0.3 is 0 Å². The van der Waals surface area contributed by atoms with Crippen molar-refractivity contribution in [2.75, 3.05) is 6.61 Å². The van der Waals surface area contributed by atoms with Gasteiger partial charge in [-0.3, -0.25) is 0 Å². The molecule has 78 valence electrons. The van der Waals surface area contributed by atoms with Crippen LogP contribution in [0, 0.1) is 5.82 Å². The predicted molar refractivity (Wildman–Crippen MR) is 59.0 cm³/mol. The van der Waals surface area contributed by atoms with E-state index in [0.29, 0.717) is 16.5 Å². The Morgan fingerprint density at radius 3 is 2.64 bits per heavy atom. The first-order valence-corrected chi connectivity index (χ1v) is 5.48. The molecule has 1 N–H and O–H groups in total. The summed E-state index contributed by atoms with van der Waals surface area (Å²) in [5.74, 6) is -0.140. The van der Waals surface area contributed by atoms with E-state index >= 15 is 0 Å². The molecule has 0 heterocycles. The molecule has 0 fully saturated rings. The highest BCUT2D eigenvalue weighted by molar-refractivity contribution is 9.10. The predicted octanol–water partition coefficient (Wildman–Crippen LogP) is 3.25. The summed E-state index contributed by atoms with van der Waals surface area (Å²) in [7, 11) is 0. The maximum atomic E-state index is 13.4. The van der Waals surface area contributed by atoms with Crippen LogP contribution in [0.3, 0.4) is 0 Å². The van der Waals surface area contributed by atoms with E-state index in [-0.39, 0.29) is 18.3 Å². The van der Waals surface area contributed by atoms with Crippen molar-refractivity contribution in [1.82, 2.24) is 0 Å². The Bertz CT molecular complexity index is 325. The maximum Gasteiger partial charge on any atom is 0.140 e. The Balaban J connectivity index is 3.16. The van der Waals surface area contributed by atoms with Gasteiger partial charge in [0.1, 0.15) is 5.82 Å². The van der Waals surface area contributed by atoms with Crippen LogP contribution in [0.25, 0.3) is 0 Å². The molecular formula is C11H14BrFO. The summed E-state index contributed by atoms with van der Waals surface area (Å²) in [6.45, 7) is 3.92. The average molecular weight is 261 g/mol. The molecule has 14 heavy (non-hydrogen) atoms. The molecule has 1 aromatic rings. The van der Waals surface area contributed by atoms with Gasteiger partial charge < -0.3 is 5.11 Å². The van der Waals surface area contributed by atoms with Crippen molar-refractivity contribution in [2.45, 2.75) is 26.2 Å². The second-order valence-corrected chi connectivity index (χ2v) is 4.27. The first-order valence-electron chi connectivity index (χ1n) is 4.68. The van der Waals surface area contributed by atoms with Crippen molar-refractivity contribution in [3.8, 4) is 0 Å². The molecule has 1 unspecified atom stereocenters. The summed E-state index contributed by atoms with van der Waals surface area (Å²) >= 11 is 3.18. The van der Waals surface area contributed by atoms with Gasteiger partial charge in [0, 0.05) is 12.5 Å². The lowest BCUT2D eigenvalue weighted by atomic mass is 9.99. The van der Waals surface area contributed by atoms with Crippen LogP contribution in [-0.2, 0) is 6.42 Å². The molecule has 1 rings (SSSR count). The summed E-state index contributed by atoms with van der Waals surface area (Å²) < 4.78 is 13.9. The van der Waals surface area contributed by atoms with Gasteiger partial charge in [-0.05, 0) is 39.5 Å². The quantitative estimate of drug-likeness (QED) is 0.885. The van der Waals surface area contributed by atoms with Gasteiger partial charge in [-0.15, -0.1) is 0 Å². The Labute approximate surface area is 92.1 Å². The molecule has 0 radical (unpaired) electrons. The third-order valence-electron chi connectivity index (χ3n) is 2.35. The Kier molecular flexibility index (Phi) is 4.08. The molecule has 1 nitrogen and oxygen atoms in total. The highest BCUT2D eigenvalue weighted by Gasteiger charge is 2.11. The number of benzene rings is 1. The van der Waals surface area contributed by atoms with Crippen LogP contribution in [0.1, 0.15) is 30.9 Å². The molecule has 0 aliphatic heterocycles. The number of aryl methyl sites for hydroxylation is 1. The van der Waals surface area contributed by atoms with E-state index in [1.54, 1.807) is 6.07 Å². The van der Waals surface area contributed by atoms with Gasteiger partial charge in [0.2, 0.25) is 0 Å². The van der Waals surface area contributed by atoms with E-state index in [1.807, 2.05) is 19.9 Å². The van der Waals surface area contributed by atoms with Gasteiger partial charge in [0.15, 0.2) is 0 Å². The minimum atomic E-state index is -0.193. The lowest BCUT2D eigenvalue weighted by Crippen LogP contribution is -2.01. The van der Waals surface area contributed by atoms with Crippen LogP contribution in [0.2, 0.25) is 0 Å². The molecule has 0 aromatic heterocycles. The molecule has 0 spiro atoms. The van der Waals surface area contributed by atoms with Crippen molar-refractivity contribution in [1.29, 1.82) is 0 Å². The van der Waals surface area contributed by atoms with E-state index in [2.05, 4.69) is 15.9 Å². The molecule has 0 amide bonds. The molecule has 1 aromatic carbocycles. The zero-order valence-corrected chi connectivity index (χ0v) is 9.94.